The highest BCUT2D eigenvalue weighted by Crippen LogP contribution is 2.18. The third-order valence-electron chi connectivity index (χ3n) is 3.65. The Bertz CT molecular complexity index is 386. The molecule has 1 saturated heterocycles. The second kappa shape index (κ2) is 6.27. The molecule has 3 nitrogen and oxygen atoms in total. The first-order chi connectivity index (χ1) is 8.70. The molecule has 1 aliphatic rings. The van der Waals surface area contributed by atoms with E-state index in [1.807, 2.05) is 6.07 Å². The number of aliphatic hydroxyl groups excluding tert-OH is 2. The first-order valence-electron chi connectivity index (χ1n) is 6.47. The molecule has 18 heavy (non-hydrogen) atoms. The molecule has 1 heterocycles. The highest BCUT2D eigenvalue weighted by molar-refractivity contribution is 5.17. The summed E-state index contributed by atoms with van der Waals surface area (Å²) in [7, 11) is 0. The molecule has 0 saturated carbocycles. The monoisotopic (exact) mass is 253 g/mol. The van der Waals surface area contributed by atoms with Crippen molar-refractivity contribution in [1.29, 1.82) is 0 Å². The van der Waals surface area contributed by atoms with Gasteiger partial charge < -0.3 is 10.2 Å². The largest absolute Gasteiger partial charge is 0.395 e. The number of halogens is 1. The molecular formula is C14H20FNO2. The van der Waals surface area contributed by atoms with Crippen LogP contribution in [0.25, 0.3) is 0 Å². The fourth-order valence-corrected chi connectivity index (χ4v) is 2.53. The second-order valence-electron chi connectivity index (χ2n) is 4.89. The van der Waals surface area contributed by atoms with Crippen LogP contribution in [0.3, 0.4) is 0 Å². The van der Waals surface area contributed by atoms with E-state index in [9.17, 15) is 14.6 Å². The fourth-order valence-electron chi connectivity index (χ4n) is 2.53. The van der Waals surface area contributed by atoms with E-state index >= 15 is 0 Å². The van der Waals surface area contributed by atoms with Gasteiger partial charge in [0.2, 0.25) is 0 Å². The molecule has 2 rings (SSSR count). The predicted octanol–water partition coefficient (Wildman–Crippen LogP) is 1.19. The maximum atomic E-state index is 13.5. The Morgan fingerprint density at radius 1 is 1.33 bits per heavy atom. The summed E-state index contributed by atoms with van der Waals surface area (Å²) in [4.78, 5) is 2.14. The minimum Gasteiger partial charge on any atom is -0.395 e. The Balaban J connectivity index is 1.91. The van der Waals surface area contributed by atoms with Crippen LogP contribution in [0.15, 0.2) is 24.3 Å². The van der Waals surface area contributed by atoms with Gasteiger partial charge in [0.05, 0.1) is 12.7 Å². The van der Waals surface area contributed by atoms with Crippen molar-refractivity contribution in [3.05, 3.63) is 35.6 Å². The summed E-state index contributed by atoms with van der Waals surface area (Å²) < 4.78 is 13.5. The molecule has 0 radical (unpaired) electrons. The Kier molecular flexibility index (Phi) is 4.69. The van der Waals surface area contributed by atoms with Crippen LogP contribution >= 0.6 is 0 Å². The number of piperidine rings is 1. The molecule has 0 spiro atoms. The normalized spacial score (nSPS) is 25.3. The molecule has 0 aliphatic carbocycles. The van der Waals surface area contributed by atoms with Crippen LogP contribution < -0.4 is 0 Å². The van der Waals surface area contributed by atoms with Crippen LogP contribution in [0.5, 0.6) is 0 Å². The van der Waals surface area contributed by atoms with Gasteiger partial charge in [0.25, 0.3) is 0 Å². The summed E-state index contributed by atoms with van der Waals surface area (Å²) in [6, 6.07) is 6.79. The van der Waals surface area contributed by atoms with Gasteiger partial charge in [0.1, 0.15) is 5.82 Å². The maximum Gasteiger partial charge on any atom is 0.126 e. The van der Waals surface area contributed by atoms with Crippen molar-refractivity contribution in [3.8, 4) is 0 Å². The zero-order chi connectivity index (χ0) is 13.0. The molecule has 1 aromatic carbocycles. The summed E-state index contributed by atoms with van der Waals surface area (Å²) in [5, 5.41) is 18.9. The first-order valence-corrected chi connectivity index (χ1v) is 6.47. The van der Waals surface area contributed by atoms with Crippen LogP contribution in [0.4, 0.5) is 4.39 Å². The Morgan fingerprint density at radius 2 is 2.11 bits per heavy atom. The number of likely N-dealkylation sites (tertiary alicyclic amines) is 1. The molecule has 2 atom stereocenters. The van der Waals surface area contributed by atoms with Crippen molar-refractivity contribution in [2.24, 2.45) is 0 Å². The topological polar surface area (TPSA) is 43.7 Å². The highest BCUT2D eigenvalue weighted by atomic mass is 19.1. The van der Waals surface area contributed by atoms with E-state index in [4.69, 9.17) is 0 Å². The van der Waals surface area contributed by atoms with Crippen LogP contribution in [-0.2, 0) is 6.42 Å². The molecule has 0 amide bonds. The molecule has 1 aromatic rings. The Morgan fingerprint density at radius 3 is 2.83 bits per heavy atom. The molecule has 100 valence electrons. The van der Waals surface area contributed by atoms with Gasteiger partial charge in [-0.05, 0) is 30.9 Å². The molecular weight excluding hydrogens is 233 g/mol. The van der Waals surface area contributed by atoms with Gasteiger partial charge in [-0.2, -0.15) is 0 Å². The summed E-state index contributed by atoms with van der Waals surface area (Å²) in [6.45, 7) is 1.54. The summed E-state index contributed by atoms with van der Waals surface area (Å²) in [5.41, 5.74) is 0.709. The summed E-state index contributed by atoms with van der Waals surface area (Å²) in [5.74, 6) is -0.171. The molecule has 1 aliphatic heterocycles. The zero-order valence-electron chi connectivity index (χ0n) is 10.4. The lowest BCUT2D eigenvalue weighted by Gasteiger charge is -2.36. The number of rotatable bonds is 4. The van der Waals surface area contributed by atoms with Crippen LogP contribution in [0, 0.1) is 5.82 Å². The molecule has 2 N–H and O–H groups in total. The van der Waals surface area contributed by atoms with Crippen molar-refractivity contribution in [3.63, 3.8) is 0 Å². The van der Waals surface area contributed by atoms with Gasteiger partial charge in [-0.25, -0.2) is 4.39 Å². The third kappa shape index (κ3) is 3.28. The van der Waals surface area contributed by atoms with Crippen molar-refractivity contribution in [2.75, 3.05) is 19.7 Å². The van der Waals surface area contributed by atoms with Crippen molar-refractivity contribution < 1.29 is 14.6 Å². The quantitative estimate of drug-likeness (QED) is 0.847. The minimum atomic E-state index is -0.313. The smallest absolute Gasteiger partial charge is 0.126 e. The summed E-state index contributed by atoms with van der Waals surface area (Å²) in [6.07, 6.45) is 1.66. The lowest BCUT2D eigenvalue weighted by Crippen LogP contribution is -2.47. The molecule has 0 aromatic heterocycles. The molecule has 2 unspecified atom stereocenters. The SMILES string of the molecule is OCC1CC(O)CCN1CCc1ccccc1F. The first kappa shape index (κ1) is 13.5. The van der Waals surface area contributed by atoms with E-state index in [1.54, 1.807) is 12.1 Å². The van der Waals surface area contributed by atoms with E-state index in [-0.39, 0.29) is 24.6 Å². The average Bonchev–Trinajstić information content (AvgIpc) is 2.39. The van der Waals surface area contributed by atoms with Crippen molar-refractivity contribution in [2.45, 2.75) is 31.4 Å². The average molecular weight is 253 g/mol. The van der Waals surface area contributed by atoms with Gasteiger partial charge in [-0.1, -0.05) is 18.2 Å². The van der Waals surface area contributed by atoms with Crippen molar-refractivity contribution in [1.82, 2.24) is 4.90 Å². The number of nitrogens with zero attached hydrogens (tertiary/aromatic N) is 1. The van der Waals surface area contributed by atoms with Gasteiger partial charge >= 0.3 is 0 Å². The molecule has 4 heteroatoms. The third-order valence-corrected chi connectivity index (χ3v) is 3.65. The lowest BCUT2D eigenvalue weighted by molar-refractivity contribution is 0.0176. The van der Waals surface area contributed by atoms with Crippen LogP contribution in [0.2, 0.25) is 0 Å². The molecule has 0 bridgehead atoms. The Hall–Kier alpha value is -0.970. The Labute approximate surface area is 107 Å². The standard InChI is InChI=1S/C14H20FNO2/c15-14-4-2-1-3-11(14)5-7-16-8-6-13(18)9-12(16)10-17/h1-4,12-13,17-18H,5-10H2. The van der Waals surface area contributed by atoms with E-state index < -0.39 is 0 Å². The highest BCUT2D eigenvalue weighted by Gasteiger charge is 2.26. The second-order valence-corrected chi connectivity index (χ2v) is 4.89. The maximum absolute atomic E-state index is 13.5. The predicted molar refractivity (Wildman–Crippen MR) is 67.8 cm³/mol. The fraction of sp³-hybridized carbons (Fsp3) is 0.571. The number of benzene rings is 1. The van der Waals surface area contributed by atoms with E-state index in [0.29, 0.717) is 18.4 Å². The number of hydrogen-bond acceptors (Lipinski definition) is 3. The van der Waals surface area contributed by atoms with Gasteiger partial charge in [-0.15, -0.1) is 0 Å². The van der Waals surface area contributed by atoms with Gasteiger partial charge in [0.15, 0.2) is 0 Å². The summed E-state index contributed by atoms with van der Waals surface area (Å²) >= 11 is 0. The zero-order valence-corrected chi connectivity index (χ0v) is 10.4. The van der Waals surface area contributed by atoms with Crippen molar-refractivity contribution >= 4 is 0 Å². The van der Waals surface area contributed by atoms with Crippen LogP contribution in [-0.4, -0.2) is 47.0 Å². The number of hydrogen-bond donors (Lipinski definition) is 2. The van der Waals surface area contributed by atoms with E-state index in [1.165, 1.54) is 6.07 Å². The van der Waals surface area contributed by atoms with E-state index in [2.05, 4.69) is 4.90 Å². The molecule has 1 fully saturated rings. The minimum absolute atomic E-state index is 0.000485. The lowest BCUT2D eigenvalue weighted by atomic mass is 9.99. The van der Waals surface area contributed by atoms with Gasteiger partial charge in [-0.3, -0.25) is 4.90 Å². The van der Waals surface area contributed by atoms with E-state index in [0.717, 1.165) is 19.5 Å². The number of aliphatic hydroxyl groups is 2. The van der Waals surface area contributed by atoms with Gasteiger partial charge in [0, 0.05) is 19.1 Å². The van der Waals surface area contributed by atoms with Crippen LogP contribution in [0.1, 0.15) is 18.4 Å².